The predicted octanol–water partition coefficient (Wildman–Crippen LogP) is 1.19. The van der Waals surface area contributed by atoms with Gasteiger partial charge in [0, 0.05) is 11.3 Å². The van der Waals surface area contributed by atoms with Crippen molar-refractivity contribution in [2.75, 3.05) is 31.8 Å². The Hall–Kier alpha value is -1.17. The molecule has 16 heavy (non-hydrogen) atoms. The molecular weight excluding hydrogens is 230 g/mol. The lowest BCUT2D eigenvalue weighted by atomic mass is 10.4. The average molecular weight is 247 g/mol. The highest BCUT2D eigenvalue weighted by Gasteiger charge is 2.04. The van der Waals surface area contributed by atoms with Crippen molar-refractivity contribution in [3.05, 3.63) is 12.2 Å². The van der Waals surface area contributed by atoms with E-state index in [1.165, 1.54) is 0 Å². The highest BCUT2D eigenvalue weighted by Crippen LogP contribution is 1.92. The summed E-state index contributed by atoms with van der Waals surface area (Å²) in [6.07, 6.45) is 1.43. The van der Waals surface area contributed by atoms with Gasteiger partial charge < -0.3 is 14.8 Å². The van der Waals surface area contributed by atoms with Crippen molar-refractivity contribution < 1.29 is 19.1 Å². The molecular formula is C10H17NO4S. The van der Waals surface area contributed by atoms with E-state index < -0.39 is 12.1 Å². The van der Waals surface area contributed by atoms with Gasteiger partial charge in [0.1, 0.15) is 13.2 Å². The number of thioether (sulfide) groups is 1. The number of esters is 1. The molecule has 1 N–H and O–H groups in total. The van der Waals surface area contributed by atoms with Gasteiger partial charge in [-0.05, 0) is 13.2 Å². The van der Waals surface area contributed by atoms with Crippen LogP contribution < -0.4 is 5.32 Å². The summed E-state index contributed by atoms with van der Waals surface area (Å²) in [5.74, 6) is 0.301. The fraction of sp³-hybridized carbons (Fsp3) is 0.600. The normalized spacial score (nSPS) is 9.38. The van der Waals surface area contributed by atoms with E-state index >= 15 is 0 Å². The van der Waals surface area contributed by atoms with E-state index in [-0.39, 0.29) is 13.2 Å². The van der Waals surface area contributed by atoms with Crippen LogP contribution in [0.4, 0.5) is 4.79 Å². The van der Waals surface area contributed by atoms with Gasteiger partial charge in [0.25, 0.3) is 0 Å². The molecule has 0 aliphatic carbocycles. The third-order valence-electron chi connectivity index (χ3n) is 1.47. The molecule has 0 radical (unpaired) electrons. The minimum absolute atomic E-state index is 0.114. The van der Waals surface area contributed by atoms with E-state index in [2.05, 4.69) is 11.9 Å². The summed E-state index contributed by atoms with van der Waals surface area (Å²) in [6.45, 7) is 5.71. The van der Waals surface area contributed by atoms with E-state index in [1.807, 2.05) is 6.26 Å². The van der Waals surface area contributed by atoms with Gasteiger partial charge in [-0.15, -0.1) is 0 Å². The van der Waals surface area contributed by atoms with Crippen LogP contribution in [0.1, 0.15) is 6.92 Å². The summed E-state index contributed by atoms with van der Waals surface area (Å²) >= 11 is 1.60. The number of hydrogen-bond acceptors (Lipinski definition) is 5. The van der Waals surface area contributed by atoms with Crippen LogP contribution in [-0.2, 0) is 14.3 Å². The van der Waals surface area contributed by atoms with Crippen molar-refractivity contribution in [1.29, 1.82) is 0 Å². The lowest BCUT2D eigenvalue weighted by Crippen LogP contribution is -2.29. The van der Waals surface area contributed by atoms with E-state index in [4.69, 9.17) is 9.47 Å². The Balaban J connectivity index is 3.41. The molecule has 0 unspecified atom stereocenters. The molecule has 0 atom stereocenters. The van der Waals surface area contributed by atoms with Gasteiger partial charge in [-0.1, -0.05) is 6.58 Å². The zero-order valence-electron chi connectivity index (χ0n) is 9.58. The Morgan fingerprint density at radius 2 is 2.00 bits per heavy atom. The van der Waals surface area contributed by atoms with E-state index in [0.29, 0.717) is 12.2 Å². The van der Waals surface area contributed by atoms with Gasteiger partial charge in [-0.3, -0.25) is 0 Å². The molecule has 0 rings (SSSR count). The second-order valence-electron chi connectivity index (χ2n) is 2.97. The van der Waals surface area contributed by atoms with Gasteiger partial charge in [-0.2, -0.15) is 11.8 Å². The van der Waals surface area contributed by atoms with Gasteiger partial charge in [0.15, 0.2) is 0 Å². The number of carbonyl (C=O) groups excluding carboxylic acids is 2. The molecule has 0 aliphatic heterocycles. The Labute approximate surface area is 99.6 Å². The second kappa shape index (κ2) is 9.08. The maximum atomic E-state index is 11.0. The largest absolute Gasteiger partial charge is 0.460 e. The van der Waals surface area contributed by atoms with E-state index in [9.17, 15) is 9.59 Å². The van der Waals surface area contributed by atoms with Crippen LogP contribution >= 0.6 is 11.8 Å². The van der Waals surface area contributed by atoms with Gasteiger partial charge in [0.05, 0.1) is 6.54 Å². The van der Waals surface area contributed by atoms with Gasteiger partial charge >= 0.3 is 12.1 Å². The standard InChI is InChI=1S/C10H17NO4S/c1-8(2)9(12)14-5-4-11-10(13)15-6-7-16-3/h1,4-7H2,2-3H3,(H,11,13). The van der Waals surface area contributed by atoms with Crippen molar-refractivity contribution in [3.8, 4) is 0 Å². The second-order valence-corrected chi connectivity index (χ2v) is 3.96. The molecule has 0 bridgehead atoms. The van der Waals surface area contributed by atoms with Crippen molar-refractivity contribution in [1.82, 2.24) is 5.32 Å². The molecule has 0 heterocycles. The highest BCUT2D eigenvalue weighted by molar-refractivity contribution is 7.98. The van der Waals surface area contributed by atoms with Crippen LogP contribution in [0.3, 0.4) is 0 Å². The summed E-state index contributed by atoms with van der Waals surface area (Å²) in [5, 5.41) is 2.46. The number of amides is 1. The maximum absolute atomic E-state index is 11.0. The third-order valence-corrected chi connectivity index (χ3v) is 2.05. The number of ether oxygens (including phenoxy) is 2. The molecule has 0 saturated carbocycles. The Bertz CT molecular complexity index is 255. The minimum Gasteiger partial charge on any atom is -0.460 e. The van der Waals surface area contributed by atoms with Crippen molar-refractivity contribution >= 4 is 23.8 Å². The highest BCUT2D eigenvalue weighted by atomic mass is 32.2. The molecule has 0 aromatic rings. The molecule has 0 fully saturated rings. The Morgan fingerprint density at radius 1 is 1.31 bits per heavy atom. The van der Waals surface area contributed by atoms with Crippen LogP contribution in [0.5, 0.6) is 0 Å². The first-order chi connectivity index (χ1) is 7.57. The van der Waals surface area contributed by atoms with Crippen molar-refractivity contribution in [2.45, 2.75) is 6.92 Å². The quantitative estimate of drug-likeness (QED) is 0.416. The van der Waals surface area contributed by atoms with Crippen LogP contribution in [0, 0.1) is 0 Å². The monoisotopic (exact) mass is 247 g/mol. The van der Waals surface area contributed by atoms with Crippen molar-refractivity contribution in [3.63, 3.8) is 0 Å². The van der Waals surface area contributed by atoms with Crippen LogP contribution in [-0.4, -0.2) is 43.8 Å². The molecule has 0 spiro atoms. The molecule has 0 aliphatic rings. The SMILES string of the molecule is C=C(C)C(=O)OCCNC(=O)OCCSC. The van der Waals surface area contributed by atoms with Crippen LogP contribution in [0.15, 0.2) is 12.2 Å². The summed E-state index contributed by atoms with van der Waals surface area (Å²) in [4.78, 5) is 21.9. The van der Waals surface area contributed by atoms with Crippen LogP contribution in [0.25, 0.3) is 0 Å². The zero-order chi connectivity index (χ0) is 12.4. The molecule has 92 valence electrons. The Kier molecular flexibility index (Phi) is 8.42. The van der Waals surface area contributed by atoms with Crippen molar-refractivity contribution in [2.24, 2.45) is 0 Å². The van der Waals surface area contributed by atoms with Crippen LogP contribution in [0.2, 0.25) is 0 Å². The lowest BCUT2D eigenvalue weighted by Gasteiger charge is -2.07. The molecule has 0 saturated heterocycles. The first-order valence-electron chi connectivity index (χ1n) is 4.80. The van der Waals surface area contributed by atoms with E-state index in [1.54, 1.807) is 18.7 Å². The molecule has 0 aromatic heterocycles. The average Bonchev–Trinajstić information content (AvgIpc) is 2.24. The topological polar surface area (TPSA) is 64.6 Å². The number of rotatable bonds is 7. The molecule has 6 heteroatoms. The smallest absolute Gasteiger partial charge is 0.407 e. The fourth-order valence-corrected chi connectivity index (χ4v) is 0.939. The van der Waals surface area contributed by atoms with E-state index in [0.717, 1.165) is 5.75 Å². The summed E-state index contributed by atoms with van der Waals surface area (Å²) < 4.78 is 9.57. The lowest BCUT2D eigenvalue weighted by molar-refractivity contribution is -0.138. The first-order valence-corrected chi connectivity index (χ1v) is 6.19. The number of alkyl carbamates (subject to hydrolysis) is 1. The maximum Gasteiger partial charge on any atom is 0.407 e. The molecule has 5 nitrogen and oxygen atoms in total. The predicted molar refractivity (Wildman–Crippen MR) is 63.5 cm³/mol. The first kappa shape index (κ1) is 14.8. The summed E-state index contributed by atoms with van der Waals surface area (Å²) in [7, 11) is 0. The molecule has 0 aromatic carbocycles. The summed E-state index contributed by atoms with van der Waals surface area (Å²) in [6, 6.07) is 0. The number of nitrogens with one attached hydrogen (secondary N) is 1. The van der Waals surface area contributed by atoms with Gasteiger partial charge in [0.2, 0.25) is 0 Å². The fourth-order valence-electron chi connectivity index (χ4n) is 0.689. The summed E-state index contributed by atoms with van der Waals surface area (Å²) in [5.41, 5.74) is 0.336. The third kappa shape index (κ3) is 8.16. The number of carbonyl (C=O) groups is 2. The number of hydrogen-bond donors (Lipinski definition) is 1. The Morgan fingerprint density at radius 3 is 2.56 bits per heavy atom. The molecule has 1 amide bonds. The minimum atomic E-state index is -0.500. The van der Waals surface area contributed by atoms with Gasteiger partial charge in [-0.25, -0.2) is 9.59 Å². The zero-order valence-corrected chi connectivity index (χ0v) is 10.4.